The lowest BCUT2D eigenvalue weighted by Gasteiger charge is -2.32. The summed E-state index contributed by atoms with van der Waals surface area (Å²) in [5, 5.41) is 3.35. The van der Waals surface area contributed by atoms with E-state index in [1.54, 1.807) is 24.3 Å². The van der Waals surface area contributed by atoms with Crippen LogP contribution >= 0.6 is 11.6 Å². The van der Waals surface area contributed by atoms with Crippen molar-refractivity contribution in [2.24, 2.45) is 0 Å². The highest BCUT2D eigenvalue weighted by Gasteiger charge is 2.33. The Bertz CT molecular complexity index is 1500. The fraction of sp³-hybridized carbons (Fsp3) is 0.375. The second-order valence-corrected chi connectivity index (χ2v) is 12.8. The first-order valence-corrected chi connectivity index (χ1v) is 16.5. The zero-order chi connectivity index (χ0) is 32.3. The van der Waals surface area contributed by atoms with Gasteiger partial charge in [-0.15, -0.1) is 0 Å². The molecule has 0 aromatic heterocycles. The molecule has 3 aromatic carbocycles. The fourth-order valence-electron chi connectivity index (χ4n) is 4.71. The van der Waals surface area contributed by atoms with Crippen LogP contribution in [0, 0.1) is 0 Å². The van der Waals surface area contributed by atoms with E-state index in [2.05, 4.69) is 5.32 Å². The third kappa shape index (κ3) is 10.3. The Labute approximate surface area is 262 Å². The van der Waals surface area contributed by atoms with Crippen LogP contribution in [-0.2, 0) is 38.8 Å². The molecule has 1 N–H and O–H groups in total. The minimum absolute atomic E-state index is 0.00329. The number of hydrogen-bond donors (Lipinski definition) is 1. The number of carbonyl (C=O) groups is 2. The molecule has 12 heteroatoms. The summed E-state index contributed by atoms with van der Waals surface area (Å²) in [5.74, 6) is -0.751. The molecule has 0 fully saturated rings. The molecule has 2 amide bonds. The molecule has 0 saturated heterocycles. The van der Waals surface area contributed by atoms with Gasteiger partial charge in [0.1, 0.15) is 6.04 Å². The smallest absolute Gasteiger partial charge is 0.354 e. The second-order valence-electron chi connectivity index (χ2n) is 10.4. The first kappa shape index (κ1) is 34.9. The molecule has 0 radical (unpaired) electrons. The Morgan fingerprint density at radius 1 is 0.955 bits per heavy atom. The Kier molecular flexibility index (Phi) is 12.7. The lowest BCUT2D eigenvalue weighted by atomic mass is 10.0. The average Bonchev–Trinajstić information content (AvgIpc) is 2.97. The third-order valence-corrected chi connectivity index (χ3v) is 8.58. The molecule has 1 atom stereocenters. The number of unbranched alkanes of at least 4 members (excludes halogenated alkanes) is 1. The van der Waals surface area contributed by atoms with Crippen molar-refractivity contribution in [1.29, 1.82) is 0 Å². The van der Waals surface area contributed by atoms with E-state index in [4.69, 9.17) is 11.6 Å². The summed E-state index contributed by atoms with van der Waals surface area (Å²) in [6.45, 7) is 2.23. The predicted octanol–water partition coefficient (Wildman–Crippen LogP) is 6.46. The Morgan fingerprint density at radius 3 is 2.27 bits per heavy atom. The van der Waals surface area contributed by atoms with Crippen LogP contribution in [-0.4, -0.2) is 50.5 Å². The van der Waals surface area contributed by atoms with Crippen molar-refractivity contribution in [2.75, 3.05) is 23.7 Å². The highest BCUT2D eigenvalue weighted by Crippen LogP contribution is 2.32. The van der Waals surface area contributed by atoms with E-state index in [1.807, 2.05) is 37.3 Å². The van der Waals surface area contributed by atoms with Crippen LogP contribution in [0.4, 0.5) is 18.9 Å². The van der Waals surface area contributed by atoms with E-state index in [9.17, 15) is 31.2 Å². The van der Waals surface area contributed by atoms with Crippen molar-refractivity contribution in [2.45, 2.75) is 57.8 Å². The van der Waals surface area contributed by atoms with Crippen LogP contribution in [0.5, 0.6) is 0 Å². The third-order valence-electron chi connectivity index (χ3n) is 7.01. The standard InChI is InChI=1S/C32H37ClF3N3O4S/c1-3-4-19-37-31(41)29(21-24-12-6-5-7-13-24)38(23-25-14-8-9-17-28(25)33)30(40)18-11-20-39(44(2,42)43)27-16-10-15-26(22-27)32(34,35)36/h5-10,12-17,22,29H,3-4,11,18-21,23H2,1-2H3,(H,37,41)/t29-/m1/s1. The molecule has 0 aliphatic heterocycles. The van der Waals surface area contributed by atoms with Crippen molar-refractivity contribution in [1.82, 2.24) is 10.2 Å². The Hall–Kier alpha value is -3.57. The molecule has 0 saturated carbocycles. The number of rotatable bonds is 15. The molecule has 0 unspecified atom stereocenters. The highest BCUT2D eigenvalue weighted by molar-refractivity contribution is 7.92. The van der Waals surface area contributed by atoms with Crippen LogP contribution < -0.4 is 9.62 Å². The summed E-state index contributed by atoms with van der Waals surface area (Å²) in [6, 6.07) is 19.4. The lowest BCUT2D eigenvalue weighted by Crippen LogP contribution is -2.50. The van der Waals surface area contributed by atoms with Gasteiger partial charge >= 0.3 is 6.18 Å². The molecule has 0 aliphatic carbocycles. The van der Waals surface area contributed by atoms with E-state index in [0.29, 0.717) is 17.1 Å². The number of nitrogens with one attached hydrogen (secondary N) is 1. The lowest BCUT2D eigenvalue weighted by molar-refractivity contribution is -0.141. The van der Waals surface area contributed by atoms with Gasteiger partial charge in [0.25, 0.3) is 0 Å². The molecular weight excluding hydrogens is 615 g/mol. The van der Waals surface area contributed by atoms with E-state index >= 15 is 0 Å². The molecule has 0 aliphatic rings. The van der Waals surface area contributed by atoms with Gasteiger partial charge in [0, 0.05) is 37.5 Å². The van der Waals surface area contributed by atoms with Crippen LogP contribution in [0.15, 0.2) is 78.9 Å². The number of benzene rings is 3. The zero-order valence-corrected chi connectivity index (χ0v) is 26.3. The summed E-state index contributed by atoms with van der Waals surface area (Å²) >= 11 is 6.44. The molecule has 7 nitrogen and oxygen atoms in total. The monoisotopic (exact) mass is 651 g/mol. The summed E-state index contributed by atoms with van der Waals surface area (Å²) in [5.41, 5.74) is 0.333. The van der Waals surface area contributed by atoms with Gasteiger partial charge in [0.15, 0.2) is 0 Å². The topological polar surface area (TPSA) is 86.8 Å². The van der Waals surface area contributed by atoms with Crippen molar-refractivity contribution in [3.05, 3.63) is 101 Å². The molecule has 0 heterocycles. The maximum Gasteiger partial charge on any atom is 0.416 e. The molecule has 0 spiro atoms. The van der Waals surface area contributed by atoms with Crippen molar-refractivity contribution in [3.63, 3.8) is 0 Å². The van der Waals surface area contributed by atoms with Crippen molar-refractivity contribution >= 4 is 39.1 Å². The largest absolute Gasteiger partial charge is 0.416 e. The van der Waals surface area contributed by atoms with Gasteiger partial charge in [0.2, 0.25) is 21.8 Å². The van der Waals surface area contributed by atoms with Gasteiger partial charge in [-0.25, -0.2) is 8.42 Å². The Morgan fingerprint density at radius 2 is 1.64 bits per heavy atom. The quantitative estimate of drug-likeness (QED) is 0.191. The van der Waals surface area contributed by atoms with E-state index in [1.165, 1.54) is 11.0 Å². The molecule has 238 valence electrons. The summed E-state index contributed by atoms with van der Waals surface area (Å²) in [7, 11) is -3.98. The van der Waals surface area contributed by atoms with Crippen LogP contribution in [0.2, 0.25) is 5.02 Å². The first-order chi connectivity index (χ1) is 20.8. The number of halogens is 4. The minimum atomic E-state index is -4.65. The second kappa shape index (κ2) is 15.9. The summed E-state index contributed by atoms with van der Waals surface area (Å²) < 4.78 is 66.0. The number of hydrogen-bond acceptors (Lipinski definition) is 4. The van der Waals surface area contributed by atoms with Crippen molar-refractivity contribution < 1.29 is 31.2 Å². The van der Waals surface area contributed by atoms with Crippen LogP contribution in [0.25, 0.3) is 0 Å². The van der Waals surface area contributed by atoms with Crippen LogP contribution in [0.3, 0.4) is 0 Å². The number of sulfonamides is 1. The number of alkyl halides is 3. The zero-order valence-electron chi connectivity index (χ0n) is 24.7. The minimum Gasteiger partial charge on any atom is -0.354 e. The van der Waals surface area contributed by atoms with Gasteiger partial charge in [-0.3, -0.25) is 13.9 Å². The predicted molar refractivity (Wildman–Crippen MR) is 167 cm³/mol. The maximum atomic E-state index is 13.9. The van der Waals surface area contributed by atoms with Gasteiger partial charge < -0.3 is 10.2 Å². The number of carbonyl (C=O) groups excluding carboxylic acids is 2. The average molecular weight is 652 g/mol. The summed E-state index contributed by atoms with van der Waals surface area (Å²) in [6.07, 6.45) is -2.06. The Balaban J connectivity index is 1.89. The fourth-order valence-corrected chi connectivity index (χ4v) is 5.86. The van der Waals surface area contributed by atoms with Gasteiger partial charge in [-0.05, 0) is 48.2 Å². The van der Waals surface area contributed by atoms with Gasteiger partial charge in [-0.2, -0.15) is 13.2 Å². The van der Waals surface area contributed by atoms with E-state index in [0.717, 1.165) is 47.2 Å². The number of anilines is 1. The maximum absolute atomic E-state index is 13.9. The highest BCUT2D eigenvalue weighted by atomic mass is 35.5. The van der Waals surface area contributed by atoms with E-state index in [-0.39, 0.29) is 43.9 Å². The number of nitrogens with zero attached hydrogens (tertiary/aromatic N) is 2. The number of amides is 2. The molecular formula is C32H37ClF3N3O4S. The van der Waals surface area contributed by atoms with Crippen molar-refractivity contribution in [3.8, 4) is 0 Å². The molecule has 0 bridgehead atoms. The first-order valence-electron chi connectivity index (χ1n) is 14.3. The van der Waals surface area contributed by atoms with Gasteiger partial charge in [-0.1, -0.05) is 79.5 Å². The molecule has 3 aromatic rings. The van der Waals surface area contributed by atoms with Crippen LogP contribution in [0.1, 0.15) is 49.3 Å². The van der Waals surface area contributed by atoms with E-state index < -0.39 is 33.7 Å². The molecule has 44 heavy (non-hydrogen) atoms. The van der Waals surface area contributed by atoms with Gasteiger partial charge in [0.05, 0.1) is 17.5 Å². The normalized spacial score (nSPS) is 12.4. The molecule has 3 rings (SSSR count). The SMILES string of the molecule is CCCCNC(=O)[C@@H](Cc1ccccc1)N(Cc1ccccc1Cl)C(=O)CCCN(c1cccc(C(F)(F)F)c1)S(C)(=O)=O. The summed E-state index contributed by atoms with van der Waals surface area (Å²) in [4.78, 5) is 28.9.